The van der Waals surface area contributed by atoms with E-state index >= 15 is 0 Å². The van der Waals surface area contributed by atoms with Gasteiger partial charge in [0.25, 0.3) is 0 Å². The van der Waals surface area contributed by atoms with Gasteiger partial charge in [0.2, 0.25) is 0 Å². The summed E-state index contributed by atoms with van der Waals surface area (Å²) in [6, 6.07) is 30.5. The number of nitrogens with zero attached hydrogens (tertiary/aromatic N) is 2. The first-order chi connectivity index (χ1) is 17.5. The van der Waals surface area contributed by atoms with Crippen LogP contribution in [0.2, 0.25) is 0 Å². The summed E-state index contributed by atoms with van der Waals surface area (Å²) in [4.78, 5) is 7.52. The minimum absolute atomic E-state index is 0.0190. The molecule has 1 aliphatic rings. The van der Waals surface area contributed by atoms with Crippen molar-refractivity contribution in [1.82, 2.24) is 4.90 Å². The van der Waals surface area contributed by atoms with Crippen molar-refractivity contribution < 1.29 is 14.6 Å². The maximum absolute atomic E-state index is 12.2. The summed E-state index contributed by atoms with van der Waals surface area (Å²) in [5.41, 5.74) is 1.80. The molecule has 0 bridgehead atoms. The van der Waals surface area contributed by atoms with Crippen molar-refractivity contribution in [3.8, 4) is 0 Å². The lowest BCUT2D eigenvalue weighted by Gasteiger charge is -2.51. The van der Waals surface area contributed by atoms with Crippen molar-refractivity contribution in [3.63, 3.8) is 0 Å². The van der Waals surface area contributed by atoms with Gasteiger partial charge in [0.1, 0.15) is 11.4 Å². The molecule has 5 heteroatoms. The Morgan fingerprint density at radius 1 is 0.944 bits per heavy atom. The lowest BCUT2D eigenvalue weighted by atomic mass is 9.79. The molecule has 0 spiro atoms. The maximum Gasteiger partial charge on any atom is 0.164 e. The average Bonchev–Trinajstić information content (AvgIpc) is 2.92. The van der Waals surface area contributed by atoms with Gasteiger partial charge in [-0.15, -0.1) is 0 Å². The molecule has 3 aromatic rings. The molecule has 4 atom stereocenters. The summed E-state index contributed by atoms with van der Waals surface area (Å²) < 4.78 is 11.8. The number of aliphatic hydroxyl groups is 1. The Hall–Kier alpha value is -2.99. The third-order valence-corrected chi connectivity index (χ3v) is 7.15. The Bertz CT molecular complexity index is 1100. The molecule has 0 amide bonds. The summed E-state index contributed by atoms with van der Waals surface area (Å²) in [6.07, 6.45) is 0.671. The fourth-order valence-electron chi connectivity index (χ4n) is 5.18. The van der Waals surface area contributed by atoms with Gasteiger partial charge in [-0.1, -0.05) is 105 Å². The van der Waals surface area contributed by atoms with Gasteiger partial charge in [-0.05, 0) is 29.9 Å². The fourth-order valence-corrected chi connectivity index (χ4v) is 5.18. The topological polar surface area (TPSA) is 54.3 Å². The Morgan fingerprint density at radius 2 is 1.53 bits per heavy atom. The number of piperidine rings is 1. The van der Waals surface area contributed by atoms with Crippen molar-refractivity contribution in [2.45, 2.75) is 50.6 Å². The molecular formula is C31H38N2O3. The second-order valence-electron chi connectivity index (χ2n) is 9.84. The highest BCUT2D eigenvalue weighted by atomic mass is 16.5. The fraction of sp³-hybridized carbons (Fsp3) is 0.387. The second kappa shape index (κ2) is 11.8. The minimum atomic E-state index is -1.20. The van der Waals surface area contributed by atoms with Gasteiger partial charge in [-0.25, -0.2) is 0 Å². The Balaban J connectivity index is 1.93. The summed E-state index contributed by atoms with van der Waals surface area (Å²) in [5.74, 6) is 1.08. The predicted molar refractivity (Wildman–Crippen MR) is 145 cm³/mol. The highest BCUT2D eigenvalue weighted by Crippen LogP contribution is 2.46. The number of ether oxygens (including phenoxy) is 2. The molecule has 36 heavy (non-hydrogen) atoms. The average molecular weight is 487 g/mol. The van der Waals surface area contributed by atoms with Crippen LogP contribution in [0.1, 0.15) is 49.4 Å². The van der Waals surface area contributed by atoms with E-state index in [1.807, 2.05) is 54.6 Å². The van der Waals surface area contributed by atoms with E-state index in [4.69, 9.17) is 14.5 Å². The number of aliphatic imine (C=N–C) groups is 1. The van der Waals surface area contributed by atoms with Crippen molar-refractivity contribution in [2.75, 3.05) is 20.8 Å². The van der Waals surface area contributed by atoms with Crippen molar-refractivity contribution in [2.24, 2.45) is 10.9 Å². The Morgan fingerprint density at radius 3 is 2.08 bits per heavy atom. The van der Waals surface area contributed by atoms with Crippen LogP contribution in [-0.4, -0.2) is 48.9 Å². The smallest absolute Gasteiger partial charge is 0.164 e. The number of hydrogen-bond acceptors (Lipinski definition) is 4. The normalized spacial score (nSPS) is 23.6. The van der Waals surface area contributed by atoms with Gasteiger partial charge >= 0.3 is 0 Å². The van der Waals surface area contributed by atoms with E-state index in [0.717, 1.165) is 23.4 Å². The quantitative estimate of drug-likeness (QED) is 0.323. The van der Waals surface area contributed by atoms with Crippen LogP contribution in [0.15, 0.2) is 96.0 Å². The summed E-state index contributed by atoms with van der Waals surface area (Å²) in [5, 5.41) is 12.2. The van der Waals surface area contributed by atoms with Crippen LogP contribution >= 0.6 is 0 Å². The van der Waals surface area contributed by atoms with Crippen LogP contribution in [-0.2, 0) is 15.1 Å². The van der Waals surface area contributed by atoms with Gasteiger partial charge in [-0.2, -0.15) is 0 Å². The third-order valence-electron chi connectivity index (χ3n) is 7.15. The van der Waals surface area contributed by atoms with E-state index in [1.54, 1.807) is 14.2 Å². The van der Waals surface area contributed by atoms with Crippen molar-refractivity contribution >= 4 is 5.84 Å². The van der Waals surface area contributed by atoms with Crippen molar-refractivity contribution in [1.29, 1.82) is 0 Å². The first-order valence-electron chi connectivity index (χ1n) is 12.8. The van der Waals surface area contributed by atoms with E-state index in [0.29, 0.717) is 13.0 Å². The Labute approximate surface area is 215 Å². The predicted octanol–water partition coefficient (Wildman–Crippen LogP) is 5.80. The molecule has 1 aliphatic heterocycles. The number of likely N-dealkylation sites (tertiary alicyclic amines) is 1. The van der Waals surface area contributed by atoms with Crippen LogP contribution in [0.4, 0.5) is 0 Å². The zero-order chi connectivity index (χ0) is 25.5. The monoisotopic (exact) mass is 486 g/mol. The standard InChI is InChI=1S/C31H38N2O3/c1-23(2)27(22-35-3)32-29(25-16-10-6-11-17-25)33-28(24-14-8-5-9-15-24)20-21-31(34,30(33)36-4)26-18-12-7-13-19-26/h5-19,23,27-28,30,34H,20-22H2,1-4H3/t27-,28+,30-,31+/m1/s1. The zero-order valence-electron chi connectivity index (χ0n) is 21.7. The molecule has 0 unspecified atom stereocenters. The first-order valence-corrected chi connectivity index (χ1v) is 12.8. The van der Waals surface area contributed by atoms with E-state index < -0.39 is 11.8 Å². The molecule has 1 saturated heterocycles. The van der Waals surface area contributed by atoms with Crippen LogP contribution < -0.4 is 0 Å². The summed E-state index contributed by atoms with van der Waals surface area (Å²) in [7, 11) is 3.39. The van der Waals surface area contributed by atoms with Gasteiger partial charge in [0, 0.05) is 19.8 Å². The number of rotatable bonds is 8. The molecule has 0 aliphatic carbocycles. The molecule has 5 nitrogen and oxygen atoms in total. The number of amidine groups is 1. The highest BCUT2D eigenvalue weighted by Gasteiger charge is 2.50. The maximum atomic E-state index is 12.2. The molecule has 190 valence electrons. The van der Waals surface area contributed by atoms with E-state index in [1.165, 1.54) is 5.56 Å². The summed E-state index contributed by atoms with van der Waals surface area (Å²) >= 11 is 0. The number of hydrogen-bond donors (Lipinski definition) is 1. The second-order valence-corrected chi connectivity index (χ2v) is 9.84. The van der Waals surface area contributed by atoms with Crippen LogP contribution in [0.25, 0.3) is 0 Å². The van der Waals surface area contributed by atoms with E-state index in [2.05, 4.69) is 55.1 Å². The van der Waals surface area contributed by atoms with E-state index in [-0.39, 0.29) is 18.0 Å². The minimum Gasteiger partial charge on any atom is -0.382 e. The highest BCUT2D eigenvalue weighted by molar-refractivity contribution is 5.99. The number of benzene rings is 3. The van der Waals surface area contributed by atoms with Crippen LogP contribution in [0, 0.1) is 5.92 Å². The molecule has 1 N–H and O–H groups in total. The molecular weight excluding hydrogens is 448 g/mol. The van der Waals surface area contributed by atoms with Gasteiger partial charge in [-0.3, -0.25) is 4.99 Å². The van der Waals surface area contributed by atoms with Crippen LogP contribution in [0.3, 0.4) is 0 Å². The van der Waals surface area contributed by atoms with Gasteiger partial charge in [0.05, 0.1) is 18.7 Å². The van der Waals surface area contributed by atoms with Crippen LogP contribution in [0.5, 0.6) is 0 Å². The first kappa shape index (κ1) is 26.1. The van der Waals surface area contributed by atoms with Crippen molar-refractivity contribution in [3.05, 3.63) is 108 Å². The van der Waals surface area contributed by atoms with E-state index in [9.17, 15) is 5.11 Å². The summed E-state index contributed by atoms with van der Waals surface area (Å²) in [6.45, 7) is 4.84. The van der Waals surface area contributed by atoms with Gasteiger partial charge < -0.3 is 19.5 Å². The molecule has 1 fully saturated rings. The lowest BCUT2D eigenvalue weighted by molar-refractivity contribution is -0.188. The molecule has 0 saturated carbocycles. The lowest BCUT2D eigenvalue weighted by Crippen LogP contribution is -2.59. The molecule has 0 aromatic heterocycles. The molecule has 0 radical (unpaired) electrons. The largest absolute Gasteiger partial charge is 0.382 e. The Kier molecular flexibility index (Phi) is 8.57. The van der Waals surface area contributed by atoms with Gasteiger partial charge in [0.15, 0.2) is 6.23 Å². The molecule has 4 rings (SSSR count). The zero-order valence-corrected chi connectivity index (χ0v) is 21.7. The third kappa shape index (κ3) is 5.39. The SMILES string of the molecule is COC[C@@H](N=C(c1ccccc1)N1[C@H](c2ccccc2)CC[C@](O)(c2ccccc2)[C@H]1OC)C(C)C. The number of methoxy groups -OCH3 is 2. The molecule has 3 aromatic carbocycles. The molecule has 1 heterocycles.